The maximum atomic E-state index is 12.0. The highest BCUT2D eigenvalue weighted by molar-refractivity contribution is 6.34. The molecule has 1 aliphatic rings. The van der Waals surface area contributed by atoms with Crippen molar-refractivity contribution < 1.29 is 9.53 Å². The zero-order valence-corrected chi connectivity index (χ0v) is 17.0. The summed E-state index contributed by atoms with van der Waals surface area (Å²) in [6.45, 7) is 2.83. The first kappa shape index (κ1) is 19.3. The summed E-state index contributed by atoms with van der Waals surface area (Å²) in [4.78, 5) is 13.7. The summed E-state index contributed by atoms with van der Waals surface area (Å²) < 4.78 is 5.85. The van der Waals surface area contributed by atoms with E-state index in [0.717, 1.165) is 41.4 Å². The fourth-order valence-electron chi connectivity index (χ4n) is 3.50. The SMILES string of the molecule is CC(Nc1ccc(N2CCCC2=O)c(Cl)c1)c1ccc(Oc2ccccc2)cc1. The van der Waals surface area contributed by atoms with Crippen molar-refractivity contribution in [2.45, 2.75) is 25.8 Å². The van der Waals surface area contributed by atoms with Crippen LogP contribution in [0.5, 0.6) is 11.5 Å². The first-order chi connectivity index (χ1) is 14.1. The summed E-state index contributed by atoms with van der Waals surface area (Å²) in [6, 6.07) is 23.6. The van der Waals surface area contributed by atoms with Gasteiger partial charge in [-0.25, -0.2) is 0 Å². The number of anilines is 2. The van der Waals surface area contributed by atoms with Crippen molar-refractivity contribution in [3.63, 3.8) is 0 Å². The van der Waals surface area contributed by atoms with Crippen LogP contribution in [0.3, 0.4) is 0 Å². The van der Waals surface area contributed by atoms with Crippen molar-refractivity contribution >= 4 is 28.9 Å². The number of amides is 1. The zero-order valence-electron chi connectivity index (χ0n) is 16.3. The molecule has 0 aromatic heterocycles. The summed E-state index contributed by atoms with van der Waals surface area (Å²) >= 11 is 6.45. The van der Waals surface area contributed by atoms with E-state index in [0.29, 0.717) is 11.4 Å². The van der Waals surface area contributed by atoms with E-state index in [-0.39, 0.29) is 11.9 Å². The Morgan fingerprint density at radius 2 is 1.72 bits per heavy atom. The second kappa shape index (κ2) is 8.58. The number of hydrogen-bond donors (Lipinski definition) is 1. The van der Waals surface area contributed by atoms with Crippen LogP contribution in [0.25, 0.3) is 0 Å². The Kier molecular flexibility index (Phi) is 5.72. The predicted octanol–water partition coefficient (Wildman–Crippen LogP) is 6.43. The minimum absolute atomic E-state index is 0.0936. The normalized spacial score (nSPS) is 14.7. The third-order valence-corrected chi connectivity index (χ3v) is 5.36. The van der Waals surface area contributed by atoms with Gasteiger partial charge in [0, 0.05) is 24.7 Å². The molecule has 0 saturated carbocycles. The van der Waals surface area contributed by atoms with Crippen LogP contribution in [0.2, 0.25) is 5.02 Å². The van der Waals surface area contributed by atoms with Crippen molar-refractivity contribution in [3.05, 3.63) is 83.4 Å². The first-order valence-corrected chi connectivity index (χ1v) is 10.2. The Morgan fingerprint density at radius 1 is 1.00 bits per heavy atom. The number of halogens is 1. The highest BCUT2D eigenvalue weighted by atomic mass is 35.5. The molecule has 5 heteroatoms. The quantitative estimate of drug-likeness (QED) is 0.512. The lowest BCUT2D eigenvalue weighted by Gasteiger charge is -2.20. The van der Waals surface area contributed by atoms with Gasteiger partial charge in [0.25, 0.3) is 0 Å². The molecule has 3 aromatic carbocycles. The molecule has 1 unspecified atom stereocenters. The van der Waals surface area contributed by atoms with Gasteiger partial charge in [-0.2, -0.15) is 0 Å². The molecule has 148 valence electrons. The average Bonchev–Trinajstić information content (AvgIpc) is 3.15. The fraction of sp³-hybridized carbons (Fsp3) is 0.208. The molecule has 1 N–H and O–H groups in total. The van der Waals surface area contributed by atoms with Crippen LogP contribution in [0.1, 0.15) is 31.4 Å². The smallest absolute Gasteiger partial charge is 0.227 e. The minimum atomic E-state index is 0.0936. The Balaban J connectivity index is 1.41. The highest BCUT2D eigenvalue weighted by Gasteiger charge is 2.23. The standard InChI is InChI=1S/C24H23ClN2O2/c1-17(18-9-12-21(13-10-18)29-20-6-3-2-4-7-20)26-19-11-14-23(22(25)16-19)27-15-5-8-24(27)28/h2-4,6-7,9-14,16-17,26H,5,8,15H2,1H3. The van der Waals surface area contributed by atoms with Crippen molar-refractivity contribution in [2.75, 3.05) is 16.8 Å². The van der Waals surface area contributed by atoms with E-state index in [1.165, 1.54) is 0 Å². The van der Waals surface area contributed by atoms with Crippen molar-refractivity contribution in [1.29, 1.82) is 0 Å². The van der Waals surface area contributed by atoms with E-state index < -0.39 is 0 Å². The molecule has 3 aromatic rings. The molecular formula is C24H23ClN2O2. The fourth-order valence-corrected chi connectivity index (χ4v) is 3.78. The van der Waals surface area contributed by atoms with Gasteiger partial charge in [0.05, 0.1) is 10.7 Å². The van der Waals surface area contributed by atoms with Gasteiger partial charge < -0.3 is 15.0 Å². The third kappa shape index (κ3) is 4.54. The number of nitrogens with zero attached hydrogens (tertiary/aromatic N) is 1. The van der Waals surface area contributed by atoms with Gasteiger partial charge in [-0.05, 0) is 61.4 Å². The van der Waals surface area contributed by atoms with Crippen LogP contribution in [0, 0.1) is 0 Å². The molecule has 1 fully saturated rings. The average molecular weight is 407 g/mol. The molecule has 1 amide bonds. The summed E-state index contributed by atoms with van der Waals surface area (Å²) in [5.41, 5.74) is 2.85. The van der Waals surface area contributed by atoms with Crippen molar-refractivity contribution in [2.24, 2.45) is 0 Å². The number of nitrogens with one attached hydrogen (secondary N) is 1. The molecule has 0 aliphatic carbocycles. The Bertz CT molecular complexity index is 990. The van der Waals surface area contributed by atoms with Gasteiger partial charge in [0.2, 0.25) is 5.91 Å². The molecule has 0 radical (unpaired) electrons. The number of para-hydroxylation sites is 1. The molecule has 29 heavy (non-hydrogen) atoms. The van der Waals surface area contributed by atoms with E-state index in [1.807, 2.05) is 60.7 Å². The largest absolute Gasteiger partial charge is 0.457 e. The summed E-state index contributed by atoms with van der Waals surface area (Å²) in [6.07, 6.45) is 1.48. The van der Waals surface area contributed by atoms with Crippen LogP contribution in [-0.2, 0) is 4.79 Å². The lowest BCUT2D eigenvalue weighted by Crippen LogP contribution is -2.24. The minimum Gasteiger partial charge on any atom is -0.457 e. The third-order valence-electron chi connectivity index (χ3n) is 5.05. The Hall–Kier alpha value is -2.98. The first-order valence-electron chi connectivity index (χ1n) is 9.79. The number of ether oxygens (including phenoxy) is 1. The maximum absolute atomic E-state index is 12.0. The molecule has 4 nitrogen and oxygen atoms in total. The van der Waals surface area contributed by atoms with Crippen molar-refractivity contribution in [1.82, 2.24) is 0 Å². The summed E-state index contributed by atoms with van der Waals surface area (Å²) in [7, 11) is 0. The molecule has 1 saturated heterocycles. The number of carbonyl (C=O) groups excluding carboxylic acids is 1. The molecular weight excluding hydrogens is 384 g/mol. The molecule has 0 bridgehead atoms. The number of carbonyl (C=O) groups is 1. The monoisotopic (exact) mass is 406 g/mol. The zero-order chi connectivity index (χ0) is 20.2. The van der Waals surface area contributed by atoms with Crippen molar-refractivity contribution in [3.8, 4) is 11.5 Å². The molecule has 4 rings (SSSR count). The summed E-state index contributed by atoms with van der Waals surface area (Å²) in [5.74, 6) is 1.76. The van der Waals surface area contributed by atoms with Gasteiger partial charge in [0.15, 0.2) is 0 Å². The highest BCUT2D eigenvalue weighted by Crippen LogP contribution is 2.33. The number of rotatable bonds is 6. The Morgan fingerprint density at radius 3 is 2.38 bits per heavy atom. The van der Waals surface area contributed by atoms with Crippen LogP contribution in [0.15, 0.2) is 72.8 Å². The van der Waals surface area contributed by atoms with Gasteiger partial charge in [-0.15, -0.1) is 0 Å². The van der Waals surface area contributed by atoms with Gasteiger partial charge >= 0.3 is 0 Å². The number of benzene rings is 3. The maximum Gasteiger partial charge on any atom is 0.227 e. The van der Waals surface area contributed by atoms with Crippen LogP contribution in [0.4, 0.5) is 11.4 Å². The molecule has 1 heterocycles. The van der Waals surface area contributed by atoms with Gasteiger partial charge in [-0.3, -0.25) is 4.79 Å². The molecule has 0 spiro atoms. The Labute approximate surface area is 176 Å². The van der Waals surface area contributed by atoms with Gasteiger partial charge in [0.1, 0.15) is 11.5 Å². The summed E-state index contributed by atoms with van der Waals surface area (Å²) in [5, 5.41) is 4.06. The van der Waals surface area contributed by atoms with Gasteiger partial charge in [-0.1, -0.05) is 41.9 Å². The second-order valence-electron chi connectivity index (χ2n) is 7.17. The van der Waals surface area contributed by atoms with E-state index in [1.54, 1.807) is 4.90 Å². The molecule has 1 atom stereocenters. The van der Waals surface area contributed by atoms with E-state index in [4.69, 9.17) is 16.3 Å². The van der Waals surface area contributed by atoms with E-state index in [2.05, 4.69) is 24.4 Å². The predicted molar refractivity (Wildman–Crippen MR) is 118 cm³/mol. The second-order valence-corrected chi connectivity index (χ2v) is 7.57. The van der Waals surface area contributed by atoms with Crippen LogP contribution < -0.4 is 15.0 Å². The lowest BCUT2D eigenvalue weighted by atomic mass is 10.1. The lowest BCUT2D eigenvalue weighted by molar-refractivity contribution is -0.117. The van der Waals surface area contributed by atoms with E-state index in [9.17, 15) is 4.79 Å². The molecule has 1 aliphatic heterocycles. The van der Waals surface area contributed by atoms with E-state index >= 15 is 0 Å². The number of hydrogen-bond acceptors (Lipinski definition) is 3. The van der Waals surface area contributed by atoms with Crippen LogP contribution in [-0.4, -0.2) is 12.5 Å². The topological polar surface area (TPSA) is 41.6 Å². The van der Waals surface area contributed by atoms with Crippen LogP contribution >= 0.6 is 11.6 Å².